The predicted octanol–water partition coefficient (Wildman–Crippen LogP) is 3.74. The Hall–Kier alpha value is -2.16. The Labute approximate surface area is 113 Å². The predicted molar refractivity (Wildman–Crippen MR) is 63.8 cm³/mol. The number of aromatic carboxylic acids is 1. The van der Waals surface area contributed by atoms with Gasteiger partial charge in [-0.15, -0.1) is 11.3 Å². The van der Waals surface area contributed by atoms with Gasteiger partial charge in [-0.25, -0.2) is 14.2 Å². The smallest absolute Gasteiger partial charge is 0.419 e. The van der Waals surface area contributed by atoms with E-state index < -0.39 is 23.5 Å². The summed E-state index contributed by atoms with van der Waals surface area (Å²) in [6.45, 7) is 0. The molecule has 2 N–H and O–H groups in total. The maximum absolute atomic E-state index is 13.1. The number of thiazole rings is 1. The van der Waals surface area contributed by atoms with E-state index in [1.165, 1.54) is 5.51 Å². The second-order valence-corrected chi connectivity index (χ2v) is 4.51. The quantitative estimate of drug-likeness (QED) is 0.848. The van der Waals surface area contributed by atoms with E-state index in [0.717, 1.165) is 17.4 Å². The van der Waals surface area contributed by atoms with Crippen molar-refractivity contribution >= 4 is 28.0 Å². The fraction of sp³-hybridized carbons (Fsp3) is 0.0909. The lowest BCUT2D eigenvalue weighted by Crippen LogP contribution is -2.09. The lowest BCUT2D eigenvalue weighted by atomic mass is 10.2. The summed E-state index contributed by atoms with van der Waals surface area (Å²) in [7, 11) is 0. The second-order valence-electron chi connectivity index (χ2n) is 3.65. The van der Waals surface area contributed by atoms with Gasteiger partial charge in [-0.1, -0.05) is 0 Å². The summed E-state index contributed by atoms with van der Waals surface area (Å²) in [5, 5.41) is 11.4. The number of hydrogen-bond donors (Lipinski definition) is 2. The number of carboxylic acid groups (broad SMARTS) is 1. The van der Waals surface area contributed by atoms with Gasteiger partial charge in [0.1, 0.15) is 10.8 Å². The normalized spacial score (nSPS) is 11.4. The van der Waals surface area contributed by atoms with Crippen LogP contribution in [-0.4, -0.2) is 16.1 Å². The van der Waals surface area contributed by atoms with Gasteiger partial charge in [0.15, 0.2) is 5.69 Å². The third kappa shape index (κ3) is 2.87. The Morgan fingerprint density at radius 3 is 2.65 bits per heavy atom. The van der Waals surface area contributed by atoms with Gasteiger partial charge in [-0.2, -0.15) is 13.2 Å². The molecule has 0 aliphatic rings. The number of rotatable bonds is 3. The van der Waals surface area contributed by atoms with Crippen LogP contribution in [-0.2, 0) is 6.18 Å². The van der Waals surface area contributed by atoms with Gasteiger partial charge in [0, 0.05) is 5.69 Å². The summed E-state index contributed by atoms with van der Waals surface area (Å²) >= 11 is 0.912. The topological polar surface area (TPSA) is 62.2 Å². The molecule has 0 atom stereocenters. The third-order valence-corrected chi connectivity index (χ3v) is 3.04. The molecule has 1 aromatic carbocycles. The Balaban J connectivity index is 2.35. The van der Waals surface area contributed by atoms with E-state index in [1.807, 2.05) is 0 Å². The van der Waals surface area contributed by atoms with E-state index in [1.54, 1.807) is 0 Å². The maximum Gasteiger partial charge on any atom is 0.419 e. The van der Waals surface area contributed by atoms with Crippen molar-refractivity contribution in [3.63, 3.8) is 0 Å². The molecule has 0 radical (unpaired) electrons. The molecule has 1 heterocycles. The van der Waals surface area contributed by atoms with Crippen molar-refractivity contribution in [2.75, 3.05) is 5.32 Å². The first-order valence-corrected chi connectivity index (χ1v) is 5.97. The molecule has 0 aliphatic carbocycles. The van der Waals surface area contributed by atoms with Gasteiger partial charge < -0.3 is 10.4 Å². The van der Waals surface area contributed by atoms with Gasteiger partial charge in [-0.3, -0.25) is 0 Å². The lowest BCUT2D eigenvalue weighted by Gasteiger charge is -2.11. The highest BCUT2D eigenvalue weighted by atomic mass is 32.1. The van der Waals surface area contributed by atoms with Crippen molar-refractivity contribution in [1.82, 2.24) is 4.98 Å². The molecule has 0 saturated carbocycles. The summed E-state index contributed by atoms with van der Waals surface area (Å²) < 4.78 is 50.7. The van der Waals surface area contributed by atoms with Gasteiger partial charge in [0.05, 0.1) is 11.1 Å². The van der Waals surface area contributed by atoms with Gasteiger partial charge in [-0.05, 0) is 18.2 Å². The zero-order valence-electron chi connectivity index (χ0n) is 9.53. The van der Waals surface area contributed by atoms with Crippen LogP contribution in [0.3, 0.4) is 0 Å². The number of benzene rings is 1. The number of halogens is 4. The number of carbonyl (C=O) groups is 1. The second kappa shape index (κ2) is 5.08. The molecule has 106 valence electrons. The monoisotopic (exact) mass is 306 g/mol. The number of carboxylic acids is 1. The van der Waals surface area contributed by atoms with Crippen LogP contribution in [0.25, 0.3) is 0 Å². The molecule has 0 bridgehead atoms. The minimum Gasteiger partial charge on any atom is -0.476 e. The first kappa shape index (κ1) is 14.3. The largest absolute Gasteiger partial charge is 0.476 e. The van der Waals surface area contributed by atoms with Gasteiger partial charge >= 0.3 is 12.1 Å². The fourth-order valence-corrected chi connectivity index (χ4v) is 2.13. The molecule has 2 aromatic rings. The molecule has 2 rings (SSSR count). The lowest BCUT2D eigenvalue weighted by molar-refractivity contribution is -0.139. The number of alkyl halides is 3. The number of aromatic nitrogens is 1. The van der Waals surface area contributed by atoms with Crippen molar-refractivity contribution in [2.45, 2.75) is 6.18 Å². The van der Waals surface area contributed by atoms with Crippen molar-refractivity contribution in [2.24, 2.45) is 0 Å². The van der Waals surface area contributed by atoms with E-state index >= 15 is 0 Å². The standard InChI is InChI=1S/C11H6F4N2O2S/c12-7-2-1-5(3-6(7)11(13,14)15)17-9-8(10(18)19)16-4-20-9/h1-4,17H,(H,18,19). The van der Waals surface area contributed by atoms with Crippen LogP contribution in [0.4, 0.5) is 28.3 Å². The van der Waals surface area contributed by atoms with Crippen LogP contribution in [0.1, 0.15) is 16.1 Å². The minimum atomic E-state index is -4.83. The highest BCUT2D eigenvalue weighted by Gasteiger charge is 2.34. The number of hydrogen-bond acceptors (Lipinski definition) is 4. The van der Waals surface area contributed by atoms with Crippen molar-refractivity contribution in [3.05, 3.63) is 40.8 Å². The molecular weight excluding hydrogens is 300 g/mol. The Morgan fingerprint density at radius 2 is 2.05 bits per heavy atom. The SMILES string of the molecule is O=C(O)c1ncsc1Nc1ccc(F)c(C(F)(F)F)c1. The summed E-state index contributed by atoms with van der Waals surface area (Å²) in [4.78, 5) is 14.4. The van der Waals surface area contributed by atoms with E-state index in [0.29, 0.717) is 12.1 Å². The fourth-order valence-electron chi connectivity index (χ4n) is 1.44. The number of nitrogens with zero attached hydrogens (tertiary/aromatic N) is 1. The highest BCUT2D eigenvalue weighted by Crippen LogP contribution is 2.34. The first-order valence-electron chi connectivity index (χ1n) is 5.09. The van der Waals surface area contributed by atoms with E-state index in [2.05, 4.69) is 10.3 Å². The van der Waals surface area contributed by atoms with E-state index in [-0.39, 0.29) is 16.4 Å². The minimum absolute atomic E-state index is 0.0669. The van der Waals surface area contributed by atoms with E-state index in [9.17, 15) is 22.4 Å². The van der Waals surface area contributed by atoms with Crippen LogP contribution in [0.15, 0.2) is 23.7 Å². The Morgan fingerprint density at radius 1 is 1.35 bits per heavy atom. The zero-order valence-corrected chi connectivity index (χ0v) is 10.3. The molecule has 0 spiro atoms. The number of anilines is 2. The Kier molecular flexibility index (Phi) is 3.62. The van der Waals surface area contributed by atoms with Crippen molar-refractivity contribution in [1.29, 1.82) is 0 Å². The summed E-state index contributed by atoms with van der Waals surface area (Å²) in [5.74, 6) is -2.71. The molecule has 4 nitrogen and oxygen atoms in total. The molecule has 0 aliphatic heterocycles. The summed E-state index contributed by atoms with van der Waals surface area (Å²) in [6.07, 6.45) is -4.83. The molecule has 0 unspecified atom stereocenters. The maximum atomic E-state index is 13.1. The van der Waals surface area contributed by atoms with Crippen LogP contribution in [0.2, 0.25) is 0 Å². The third-order valence-electron chi connectivity index (χ3n) is 2.30. The van der Waals surface area contributed by atoms with Crippen LogP contribution >= 0.6 is 11.3 Å². The average Bonchev–Trinajstić information content (AvgIpc) is 2.78. The average molecular weight is 306 g/mol. The molecule has 9 heteroatoms. The van der Waals surface area contributed by atoms with Crippen molar-refractivity contribution < 1.29 is 27.5 Å². The molecule has 0 fully saturated rings. The molecule has 20 heavy (non-hydrogen) atoms. The molecule has 0 saturated heterocycles. The number of nitrogens with one attached hydrogen (secondary N) is 1. The Bertz CT molecular complexity index is 654. The van der Waals surface area contributed by atoms with Crippen LogP contribution in [0.5, 0.6) is 0 Å². The van der Waals surface area contributed by atoms with Crippen molar-refractivity contribution in [3.8, 4) is 0 Å². The molecular formula is C11H6F4N2O2S. The zero-order chi connectivity index (χ0) is 14.9. The summed E-state index contributed by atoms with van der Waals surface area (Å²) in [6, 6.07) is 2.31. The first-order chi connectivity index (χ1) is 9.29. The van der Waals surface area contributed by atoms with Crippen LogP contribution < -0.4 is 5.32 Å². The van der Waals surface area contributed by atoms with E-state index in [4.69, 9.17) is 5.11 Å². The molecule has 0 amide bonds. The molecule has 1 aromatic heterocycles. The van der Waals surface area contributed by atoms with Crippen LogP contribution in [0, 0.1) is 5.82 Å². The van der Waals surface area contributed by atoms with Gasteiger partial charge in [0.2, 0.25) is 0 Å². The summed E-state index contributed by atoms with van der Waals surface area (Å²) in [5.41, 5.74) is -0.581. The highest BCUT2D eigenvalue weighted by molar-refractivity contribution is 7.14. The van der Waals surface area contributed by atoms with Gasteiger partial charge in [0.25, 0.3) is 0 Å².